The fourth-order valence-electron chi connectivity index (χ4n) is 4.01. The van der Waals surface area contributed by atoms with Gasteiger partial charge in [-0.05, 0) is 30.7 Å². The summed E-state index contributed by atoms with van der Waals surface area (Å²) >= 11 is 2.53. The van der Waals surface area contributed by atoms with Crippen molar-refractivity contribution in [3.05, 3.63) is 84.4 Å². The molecule has 0 bridgehead atoms. The number of hydrogen-bond donors (Lipinski definition) is 0. The van der Waals surface area contributed by atoms with Gasteiger partial charge >= 0.3 is 0 Å². The van der Waals surface area contributed by atoms with Crippen molar-refractivity contribution in [2.24, 2.45) is 0 Å². The minimum Gasteiger partial charge on any atom is -0.268 e. The topological polar surface area (TPSA) is 29.0 Å². The molecule has 0 aliphatic carbocycles. The fraction of sp³-hybridized carbons (Fsp3) is 0.130. The van der Waals surface area contributed by atoms with E-state index in [1.807, 2.05) is 24.3 Å². The number of nitrogens with zero attached hydrogens (tertiary/aromatic N) is 4. The molecule has 0 amide bonds. The Bertz CT molecular complexity index is 1180. The van der Waals surface area contributed by atoms with Crippen molar-refractivity contribution in [2.75, 3.05) is 4.90 Å². The zero-order valence-electron chi connectivity index (χ0n) is 15.7. The van der Waals surface area contributed by atoms with Crippen LogP contribution in [0.15, 0.2) is 78.9 Å². The predicted molar refractivity (Wildman–Crippen MR) is 124 cm³/mol. The maximum atomic E-state index is 5.10. The molecule has 0 spiro atoms. The van der Waals surface area contributed by atoms with E-state index in [1.165, 1.54) is 16.9 Å². The highest BCUT2D eigenvalue weighted by Gasteiger charge is 2.53. The summed E-state index contributed by atoms with van der Waals surface area (Å²) in [5.74, 6) is 1.90. The Morgan fingerprint density at radius 2 is 1.43 bits per heavy atom. The maximum absolute atomic E-state index is 5.10. The number of hydrogen-bond acceptors (Lipinski definition) is 3. The van der Waals surface area contributed by atoms with Crippen LogP contribution < -0.4 is 7.60 Å². The van der Waals surface area contributed by atoms with Gasteiger partial charge in [0.2, 0.25) is 5.82 Å². The van der Waals surface area contributed by atoms with Crippen LogP contribution in [0.3, 0.4) is 0 Å². The molecule has 0 fully saturated rings. The molecular weight excluding hydrogens is 459 g/mol. The molecule has 1 aliphatic heterocycles. The van der Waals surface area contributed by atoms with E-state index in [1.54, 1.807) is 0 Å². The fourth-order valence-corrected chi connectivity index (χ4v) is 4.90. The second kappa shape index (κ2) is 6.53. The van der Waals surface area contributed by atoms with Gasteiger partial charge in [-0.2, -0.15) is 7.68 Å². The van der Waals surface area contributed by atoms with E-state index < -0.39 is 0 Å². The molecule has 0 radical (unpaired) electrons. The molecule has 1 aliphatic rings. The molecule has 4 aromatic rings. The lowest BCUT2D eigenvalue weighted by atomic mass is 10.2. The molecule has 3 aromatic carbocycles. The van der Waals surface area contributed by atoms with Crippen LogP contribution in [-0.2, 0) is 0 Å². The predicted octanol–water partition coefficient (Wildman–Crippen LogP) is 6.42. The Balaban J connectivity index is 1.84. The highest BCUT2D eigenvalue weighted by Crippen LogP contribution is 2.54. The van der Waals surface area contributed by atoms with Crippen LogP contribution >= 0.6 is 22.9 Å². The number of rotatable bonds is 2. The molecule has 28 heavy (non-hydrogen) atoms. The first-order valence-corrected chi connectivity index (χ1v) is 10.3. The SMILES string of the molecule is Cc1ccccc1N1c2nc3ccccc3nc2[N+](I)(c2ccccc2)[C@@H]1C. The molecule has 0 saturated heterocycles. The Hall–Kier alpha value is -2.51. The van der Waals surface area contributed by atoms with Crippen LogP contribution in [-0.4, -0.2) is 16.1 Å². The third-order valence-corrected chi connectivity index (χ3v) is 7.29. The molecular formula is C23H20IN4+. The smallest absolute Gasteiger partial charge is 0.268 e. The average molecular weight is 479 g/mol. The normalized spacial score (nSPS) is 21.1. The lowest BCUT2D eigenvalue weighted by Crippen LogP contribution is -2.45. The maximum Gasteiger partial charge on any atom is 0.286 e. The van der Waals surface area contributed by atoms with Gasteiger partial charge in [0, 0.05) is 19.1 Å². The van der Waals surface area contributed by atoms with Gasteiger partial charge in [0.15, 0.2) is 6.17 Å². The van der Waals surface area contributed by atoms with Gasteiger partial charge in [-0.1, -0.05) is 48.5 Å². The van der Waals surface area contributed by atoms with Crippen LogP contribution in [0, 0.1) is 6.92 Å². The van der Waals surface area contributed by atoms with Gasteiger partial charge in [0.05, 0.1) is 16.7 Å². The van der Waals surface area contributed by atoms with Crippen LogP contribution in [0.5, 0.6) is 0 Å². The first-order valence-electron chi connectivity index (χ1n) is 9.37. The number of halogens is 1. The van der Waals surface area contributed by atoms with Crippen molar-refractivity contribution in [3.63, 3.8) is 0 Å². The van der Waals surface area contributed by atoms with Gasteiger partial charge in [0.1, 0.15) is 5.69 Å². The summed E-state index contributed by atoms with van der Waals surface area (Å²) in [5, 5.41) is 0. The average Bonchev–Trinajstić information content (AvgIpc) is 2.95. The summed E-state index contributed by atoms with van der Waals surface area (Å²) in [6.07, 6.45) is 0.107. The number of quaternary nitrogens is 1. The largest absolute Gasteiger partial charge is 0.286 e. The number of aromatic nitrogens is 2. The molecule has 1 aromatic heterocycles. The molecule has 138 valence electrons. The van der Waals surface area contributed by atoms with Crippen molar-refractivity contribution < 1.29 is 0 Å². The molecule has 5 rings (SSSR count). The molecule has 2 heterocycles. The van der Waals surface area contributed by atoms with Gasteiger partial charge in [-0.3, -0.25) is 4.90 Å². The number of fused-ring (bicyclic) bond motifs is 2. The van der Waals surface area contributed by atoms with Crippen molar-refractivity contribution in [2.45, 2.75) is 20.0 Å². The summed E-state index contributed by atoms with van der Waals surface area (Å²) in [5.41, 5.74) is 5.44. The van der Waals surface area contributed by atoms with Gasteiger partial charge in [0.25, 0.3) is 28.7 Å². The third-order valence-electron chi connectivity index (χ3n) is 5.47. The Labute approximate surface area is 178 Å². The lowest BCUT2D eigenvalue weighted by Gasteiger charge is -2.32. The second-order valence-electron chi connectivity index (χ2n) is 7.12. The summed E-state index contributed by atoms with van der Waals surface area (Å²) in [7, 11) is 0. The van der Waals surface area contributed by atoms with Crippen molar-refractivity contribution in [3.8, 4) is 0 Å². The second-order valence-corrected chi connectivity index (χ2v) is 8.64. The van der Waals surface area contributed by atoms with Crippen LogP contribution in [0.1, 0.15) is 12.5 Å². The van der Waals surface area contributed by atoms with E-state index in [0.29, 0.717) is 2.70 Å². The van der Waals surface area contributed by atoms with Gasteiger partial charge in [-0.15, -0.1) is 0 Å². The molecule has 5 heteroatoms. The van der Waals surface area contributed by atoms with Crippen LogP contribution in [0.25, 0.3) is 11.0 Å². The van der Waals surface area contributed by atoms with E-state index in [4.69, 9.17) is 9.97 Å². The first kappa shape index (κ1) is 17.6. The molecule has 0 N–H and O–H groups in total. The zero-order valence-corrected chi connectivity index (χ0v) is 17.9. The zero-order chi connectivity index (χ0) is 19.3. The molecule has 1 unspecified atom stereocenters. The van der Waals surface area contributed by atoms with Crippen molar-refractivity contribution in [1.82, 2.24) is 12.7 Å². The van der Waals surface area contributed by atoms with Gasteiger partial charge < -0.3 is 0 Å². The highest BCUT2D eigenvalue weighted by molar-refractivity contribution is 14.1. The number of benzene rings is 3. The van der Waals surface area contributed by atoms with E-state index in [9.17, 15) is 0 Å². The minimum atomic E-state index is 0.107. The van der Waals surface area contributed by atoms with E-state index in [-0.39, 0.29) is 6.17 Å². The van der Waals surface area contributed by atoms with Crippen LogP contribution in [0.4, 0.5) is 23.0 Å². The third kappa shape index (κ3) is 2.46. The number of aryl methyl sites for hydroxylation is 1. The Morgan fingerprint density at radius 3 is 2.14 bits per heavy atom. The Morgan fingerprint density at radius 1 is 0.821 bits per heavy atom. The summed E-state index contributed by atoms with van der Waals surface area (Å²) in [6, 6.07) is 27.2. The van der Waals surface area contributed by atoms with Crippen LogP contribution in [0.2, 0.25) is 0 Å². The minimum absolute atomic E-state index is 0.107. The summed E-state index contributed by atoms with van der Waals surface area (Å²) < 4.78 is 0.556. The van der Waals surface area contributed by atoms with Crippen molar-refractivity contribution in [1.29, 1.82) is 0 Å². The van der Waals surface area contributed by atoms with E-state index in [2.05, 4.69) is 96.2 Å². The molecule has 0 saturated carbocycles. The highest BCUT2D eigenvalue weighted by atomic mass is 127. The van der Waals surface area contributed by atoms with E-state index >= 15 is 0 Å². The monoisotopic (exact) mass is 479 g/mol. The number of anilines is 2. The Kier molecular flexibility index (Phi) is 4.10. The van der Waals surface area contributed by atoms with Crippen molar-refractivity contribution >= 4 is 56.9 Å². The first-order chi connectivity index (χ1) is 13.6. The summed E-state index contributed by atoms with van der Waals surface area (Å²) in [4.78, 5) is 12.5. The molecule has 4 nitrogen and oxygen atoms in total. The lowest BCUT2D eigenvalue weighted by molar-refractivity contribution is 0.537. The molecule has 2 atom stereocenters. The van der Waals surface area contributed by atoms with E-state index in [0.717, 1.165) is 22.7 Å². The standard InChI is InChI=1S/C23H20IN4/c1-16-10-6-9-15-21(16)27-17(2)28(24,18-11-4-3-5-12-18)23-22(27)25-19-13-7-8-14-20(19)26-23/h3-15,17H,1-2H3/q+1/t17-,28?/m1/s1. The summed E-state index contributed by atoms with van der Waals surface area (Å²) in [6.45, 7) is 4.40. The van der Waals surface area contributed by atoms with Gasteiger partial charge in [-0.25, -0.2) is 4.98 Å². The number of para-hydroxylation sites is 4. The quantitative estimate of drug-likeness (QED) is 0.245.